The molecule has 6 aromatic rings. The second-order valence-electron chi connectivity index (χ2n) is 16.2. The van der Waals surface area contributed by atoms with Crippen LogP contribution in [0.25, 0.3) is 0 Å². The predicted molar refractivity (Wildman–Crippen MR) is 243 cm³/mol. The van der Waals surface area contributed by atoms with E-state index in [1.54, 1.807) is 0 Å². The van der Waals surface area contributed by atoms with E-state index < -0.39 is 74.6 Å². The lowest BCUT2D eigenvalue weighted by Gasteiger charge is -2.49. The van der Waals surface area contributed by atoms with Crippen molar-refractivity contribution >= 4 is 0 Å². The molecule has 10 atom stereocenters. The van der Waals surface area contributed by atoms with Gasteiger partial charge < -0.3 is 52.8 Å². The van der Waals surface area contributed by atoms with E-state index in [1.807, 2.05) is 182 Å². The Labute approximate surface area is 381 Å². The highest BCUT2D eigenvalue weighted by molar-refractivity contribution is 5.18. The molecule has 11 nitrogen and oxygen atoms in total. The molecular weight excluding hydrogens is 825 g/mol. The molecule has 0 aliphatic carbocycles. The molecule has 0 bridgehead atoms. The van der Waals surface area contributed by atoms with E-state index in [9.17, 15) is 10.2 Å². The zero-order chi connectivity index (χ0) is 44.5. The molecule has 11 heteroatoms. The molecule has 65 heavy (non-hydrogen) atoms. The van der Waals surface area contributed by atoms with Crippen molar-refractivity contribution in [1.29, 1.82) is 0 Å². The second-order valence-corrected chi connectivity index (χ2v) is 16.2. The zero-order valence-corrected chi connectivity index (χ0v) is 36.3. The van der Waals surface area contributed by atoms with Crippen LogP contribution in [0.1, 0.15) is 33.4 Å². The summed E-state index contributed by atoms with van der Waals surface area (Å²) in [5.41, 5.74) is 5.62. The van der Waals surface area contributed by atoms with Gasteiger partial charge in [0.15, 0.2) is 12.6 Å². The van der Waals surface area contributed by atoms with Gasteiger partial charge in [-0.2, -0.15) is 0 Å². The summed E-state index contributed by atoms with van der Waals surface area (Å²) in [7, 11) is 0. The van der Waals surface area contributed by atoms with E-state index in [0.717, 1.165) is 33.4 Å². The normalized spacial score (nSPS) is 25.6. The van der Waals surface area contributed by atoms with Crippen LogP contribution in [0, 0.1) is 0 Å². The first-order valence-corrected chi connectivity index (χ1v) is 22.3. The molecule has 0 saturated carbocycles. The van der Waals surface area contributed by atoms with Crippen LogP contribution in [0.5, 0.6) is 0 Å². The molecule has 2 saturated heterocycles. The number of hydrogen-bond donors (Lipinski definition) is 2. The topological polar surface area (TPSA) is 124 Å². The summed E-state index contributed by atoms with van der Waals surface area (Å²) in [4.78, 5) is 0. The molecule has 8 rings (SSSR count). The highest BCUT2D eigenvalue weighted by atomic mass is 16.8. The molecule has 0 aromatic heterocycles. The lowest BCUT2D eigenvalue weighted by Crippen LogP contribution is -2.65. The van der Waals surface area contributed by atoms with E-state index in [4.69, 9.17) is 42.6 Å². The third kappa shape index (κ3) is 13.0. The molecule has 2 aliphatic heterocycles. The summed E-state index contributed by atoms with van der Waals surface area (Å²) >= 11 is 0. The minimum absolute atomic E-state index is 0.187. The van der Waals surface area contributed by atoms with E-state index in [1.165, 1.54) is 0 Å². The average Bonchev–Trinajstić information content (AvgIpc) is 3.37. The lowest BCUT2D eigenvalue weighted by molar-refractivity contribution is -0.393. The highest BCUT2D eigenvalue weighted by Gasteiger charge is 2.54. The number of aliphatic hydroxyl groups excluding tert-OH is 2. The standard InChI is InChI=1S/C54H58O11/c55-31-45-47(57-33-39-19-7-1-8-20-39)49(59-35-41-23-11-3-12-24-41)51(61-37-43-27-15-5-16-28-43)53(63-45)65-54-52(62-38-44-29-17-6-18-30-44)50(60-36-42-25-13-4-14-26-42)48(46(32-56)64-54)58-34-40-21-9-2-10-22-40/h1-30,45-56H,31-38H2/t45-,46-,47+,48+,49-,50-,51+,52+,53+,54+/m0/s1. The van der Waals surface area contributed by atoms with E-state index in [0.29, 0.717) is 0 Å². The summed E-state index contributed by atoms with van der Waals surface area (Å²) in [6, 6.07) is 58.9. The van der Waals surface area contributed by atoms with Crippen molar-refractivity contribution in [2.24, 2.45) is 0 Å². The second kappa shape index (κ2) is 24.4. The first-order chi connectivity index (χ1) is 32.1. The fourth-order valence-corrected chi connectivity index (χ4v) is 8.14. The van der Waals surface area contributed by atoms with Crippen LogP contribution in [0.2, 0.25) is 0 Å². The van der Waals surface area contributed by atoms with Crippen LogP contribution < -0.4 is 0 Å². The molecular formula is C54H58O11. The van der Waals surface area contributed by atoms with Gasteiger partial charge in [-0.25, -0.2) is 0 Å². The van der Waals surface area contributed by atoms with Crippen LogP contribution in [-0.2, 0) is 82.3 Å². The number of rotatable bonds is 22. The maximum atomic E-state index is 11.0. The van der Waals surface area contributed by atoms with Crippen LogP contribution in [-0.4, -0.2) is 84.8 Å². The third-order valence-electron chi connectivity index (χ3n) is 11.5. The first-order valence-electron chi connectivity index (χ1n) is 22.3. The molecule has 0 radical (unpaired) electrons. The van der Waals surface area contributed by atoms with Crippen molar-refractivity contribution in [3.8, 4) is 0 Å². The number of ether oxygens (including phenoxy) is 9. The SMILES string of the molecule is OC[C@@H]1O[C@H](O[C@H]2O[C@@H](CO)[C@@H](OCc3ccccc3)[C@H](OCc3ccccc3)[C@H]2OCc2ccccc2)[C@H](OCc2ccccc2)[C@@H](OCc2ccccc2)[C@@H]1OCc1ccccc1. The van der Waals surface area contributed by atoms with Gasteiger partial charge in [-0.15, -0.1) is 0 Å². The minimum atomic E-state index is -1.20. The maximum Gasteiger partial charge on any atom is 0.190 e. The number of hydrogen-bond acceptors (Lipinski definition) is 11. The van der Waals surface area contributed by atoms with Crippen LogP contribution in [0.15, 0.2) is 182 Å². The van der Waals surface area contributed by atoms with Gasteiger partial charge in [-0.05, 0) is 33.4 Å². The summed E-state index contributed by atoms with van der Waals surface area (Å²) in [6.45, 7) is 0.461. The van der Waals surface area contributed by atoms with Gasteiger partial charge in [0, 0.05) is 0 Å². The Kier molecular flexibility index (Phi) is 17.4. The Morgan fingerprint density at radius 3 is 0.738 bits per heavy atom. The van der Waals surface area contributed by atoms with E-state index >= 15 is 0 Å². The summed E-state index contributed by atoms with van der Waals surface area (Å²) in [5, 5.41) is 22.1. The first kappa shape index (κ1) is 46.4. The fraction of sp³-hybridized carbons (Fsp3) is 0.333. The highest BCUT2D eigenvalue weighted by Crippen LogP contribution is 2.36. The molecule has 6 aromatic carbocycles. The molecule has 2 heterocycles. The Balaban J connectivity index is 1.15. The minimum Gasteiger partial charge on any atom is -0.394 e. The van der Waals surface area contributed by atoms with Gasteiger partial charge in [-0.3, -0.25) is 0 Å². The number of aliphatic hydroxyl groups is 2. The quantitative estimate of drug-likeness (QED) is 0.0691. The van der Waals surface area contributed by atoms with Gasteiger partial charge in [0.2, 0.25) is 0 Å². The van der Waals surface area contributed by atoms with Gasteiger partial charge in [0.1, 0.15) is 48.8 Å². The van der Waals surface area contributed by atoms with E-state index in [2.05, 4.69) is 0 Å². The molecule has 2 aliphatic rings. The van der Waals surface area contributed by atoms with Crippen molar-refractivity contribution in [3.05, 3.63) is 215 Å². The summed E-state index contributed by atoms with van der Waals surface area (Å²) < 4.78 is 61.0. The van der Waals surface area contributed by atoms with Crippen LogP contribution in [0.3, 0.4) is 0 Å². The van der Waals surface area contributed by atoms with Gasteiger partial charge in [0.25, 0.3) is 0 Å². The molecule has 0 spiro atoms. The largest absolute Gasteiger partial charge is 0.394 e. The van der Waals surface area contributed by atoms with Gasteiger partial charge >= 0.3 is 0 Å². The van der Waals surface area contributed by atoms with E-state index in [-0.39, 0.29) is 39.6 Å². The van der Waals surface area contributed by atoms with Crippen molar-refractivity contribution < 1.29 is 52.8 Å². The molecule has 0 unspecified atom stereocenters. The van der Waals surface area contributed by atoms with Crippen molar-refractivity contribution in [2.45, 2.75) is 101 Å². The maximum absolute atomic E-state index is 11.0. The van der Waals surface area contributed by atoms with Gasteiger partial charge in [-0.1, -0.05) is 182 Å². The summed E-state index contributed by atoms with van der Waals surface area (Å²) in [5.74, 6) is 0. The van der Waals surface area contributed by atoms with Crippen molar-refractivity contribution in [2.75, 3.05) is 13.2 Å². The molecule has 0 amide bonds. The smallest absolute Gasteiger partial charge is 0.190 e. The molecule has 2 fully saturated rings. The predicted octanol–water partition coefficient (Wildman–Crippen LogP) is 7.95. The zero-order valence-electron chi connectivity index (χ0n) is 36.3. The molecule has 2 N–H and O–H groups in total. The van der Waals surface area contributed by atoms with Crippen molar-refractivity contribution in [3.63, 3.8) is 0 Å². The lowest BCUT2D eigenvalue weighted by atomic mass is 9.96. The number of benzene rings is 6. The Bertz CT molecular complexity index is 2050. The third-order valence-corrected chi connectivity index (χ3v) is 11.5. The van der Waals surface area contributed by atoms with Crippen LogP contribution in [0.4, 0.5) is 0 Å². The van der Waals surface area contributed by atoms with Crippen LogP contribution >= 0.6 is 0 Å². The average molecular weight is 883 g/mol. The fourth-order valence-electron chi connectivity index (χ4n) is 8.14. The summed E-state index contributed by atoms with van der Waals surface area (Å²) in [6.07, 6.45) is -9.27. The Hall–Kier alpha value is -5.12. The monoisotopic (exact) mass is 882 g/mol. The Morgan fingerprint density at radius 1 is 0.292 bits per heavy atom. The molecule has 340 valence electrons. The Morgan fingerprint density at radius 2 is 0.508 bits per heavy atom. The van der Waals surface area contributed by atoms with Gasteiger partial charge in [0.05, 0.1) is 52.9 Å². The van der Waals surface area contributed by atoms with Crippen molar-refractivity contribution in [1.82, 2.24) is 0 Å².